The topological polar surface area (TPSA) is 64.7 Å². The summed E-state index contributed by atoms with van der Waals surface area (Å²) >= 11 is 0. The van der Waals surface area contributed by atoms with Crippen molar-refractivity contribution in [3.05, 3.63) is 66.0 Å². The van der Waals surface area contributed by atoms with Crippen molar-refractivity contribution in [1.82, 2.24) is 15.1 Å². The van der Waals surface area contributed by atoms with Crippen LogP contribution in [0.3, 0.4) is 0 Å². The molecule has 1 heterocycles. The Bertz CT molecular complexity index is 850. The van der Waals surface area contributed by atoms with Crippen LogP contribution in [-0.2, 0) is 9.59 Å². The number of benzene rings is 2. The predicted octanol–water partition coefficient (Wildman–Crippen LogP) is 2.90. The lowest BCUT2D eigenvalue weighted by Crippen LogP contribution is -2.51. The SMILES string of the molecule is CC(C)C(NC(=O)CN1CCN(CC(=O)Nc2ccccc2)CC1)c1ccc(F)cc1. The number of nitrogens with one attached hydrogen (secondary N) is 2. The van der Waals surface area contributed by atoms with E-state index >= 15 is 0 Å². The van der Waals surface area contributed by atoms with Crippen LogP contribution < -0.4 is 10.6 Å². The molecule has 1 atom stereocenters. The molecule has 0 radical (unpaired) electrons. The Labute approximate surface area is 183 Å². The first-order valence-corrected chi connectivity index (χ1v) is 10.7. The molecule has 2 N–H and O–H groups in total. The van der Waals surface area contributed by atoms with Crippen LogP contribution in [0.15, 0.2) is 54.6 Å². The maximum atomic E-state index is 13.2. The zero-order chi connectivity index (χ0) is 22.2. The summed E-state index contributed by atoms with van der Waals surface area (Å²) in [5, 5.41) is 5.99. The van der Waals surface area contributed by atoms with E-state index in [0.717, 1.165) is 37.4 Å². The van der Waals surface area contributed by atoms with Crippen molar-refractivity contribution < 1.29 is 14.0 Å². The van der Waals surface area contributed by atoms with Gasteiger partial charge in [-0.15, -0.1) is 0 Å². The molecule has 6 nitrogen and oxygen atoms in total. The molecule has 0 saturated carbocycles. The highest BCUT2D eigenvalue weighted by Crippen LogP contribution is 2.22. The average molecular weight is 427 g/mol. The first kappa shape index (κ1) is 22.9. The van der Waals surface area contributed by atoms with Crippen LogP contribution in [0.4, 0.5) is 10.1 Å². The Balaban J connectivity index is 1.42. The first-order chi connectivity index (χ1) is 14.9. The molecule has 0 spiro atoms. The van der Waals surface area contributed by atoms with Crippen molar-refractivity contribution in [3.8, 4) is 0 Å². The smallest absolute Gasteiger partial charge is 0.238 e. The van der Waals surface area contributed by atoms with Crippen molar-refractivity contribution in [2.24, 2.45) is 5.92 Å². The second-order valence-electron chi connectivity index (χ2n) is 8.31. The third kappa shape index (κ3) is 7.15. The third-order valence-corrected chi connectivity index (χ3v) is 5.47. The lowest BCUT2D eigenvalue weighted by molar-refractivity contribution is -0.124. The third-order valence-electron chi connectivity index (χ3n) is 5.47. The Hall–Kier alpha value is -2.77. The van der Waals surface area contributed by atoms with E-state index in [9.17, 15) is 14.0 Å². The van der Waals surface area contributed by atoms with Crippen molar-refractivity contribution in [1.29, 1.82) is 0 Å². The molecule has 1 aliphatic rings. The molecule has 1 saturated heterocycles. The summed E-state index contributed by atoms with van der Waals surface area (Å²) in [5.74, 6) is -0.169. The number of carbonyl (C=O) groups is 2. The molecule has 31 heavy (non-hydrogen) atoms. The highest BCUT2D eigenvalue weighted by molar-refractivity contribution is 5.92. The van der Waals surface area contributed by atoms with Gasteiger partial charge in [0.25, 0.3) is 0 Å². The maximum absolute atomic E-state index is 13.2. The number of rotatable bonds is 8. The van der Waals surface area contributed by atoms with Gasteiger partial charge in [-0.3, -0.25) is 19.4 Å². The molecule has 1 unspecified atom stereocenters. The van der Waals surface area contributed by atoms with Crippen LogP contribution in [0, 0.1) is 11.7 Å². The van der Waals surface area contributed by atoms with E-state index < -0.39 is 0 Å². The number of hydrogen-bond acceptors (Lipinski definition) is 4. The van der Waals surface area contributed by atoms with E-state index in [1.54, 1.807) is 12.1 Å². The summed E-state index contributed by atoms with van der Waals surface area (Å²) in [6, 6.07) is 15.5. The molecule has 166 valence electrons. The van der Waals surface area contributed by atoms with Crippen LogP contribution in [0.1, 0.15) is 25.5 Å². The fourth-order valence-electron chi connectivity index (χ4n) is 3.76. The fourth-order valence-corrected chi connectivity index (χ4v) is 3.76. The Morgan fingerprint density at radius 1 is 0.871 bits per heavy atom. The van der Waals surface area contributed by atoms with Crippen LogP contribution in [0.5, 0.6) is 0 Å². The number of hydrogen-bond donors (Lipinski definition) is 2. The van der Waals surface area contributed by atoms with Crippen molar-refractivity contribution in [2.75, 3.05) is 44.6 Å². The summed E-state index contributed by atoms with van der Waals surface area (Å²) in [6.45, 7) is 7.66. The number of para-hydroxylation sites is 1. The quantitative estimate of drug-likeness (QED) is 0.681. The van der Waals surface area contributed by atoms with E-state index in [4.69, 9.17) is 0 Å². The second-order valence-corrected chi connectivity index (χ2v) is 8.31. The van der Waals surface area contributed by atoms with Gasteiger partial charge in [-0.25, -0.2) is 4.39 Å². The van der Waals surface area contributed by atoms with Gasteiger partial charge in [0, 0.05) is 31.9 Å². The highest BCUT2D eigenvalue weighted by atomic mass is 19.1. The number of anilines is 1. The van der Waals surface area contributed by atoms with E-state index in [1.165, 1.54) is 12.1 Å². The van der Waals surface area contributed by atoms with E-state index in [2.05, 4.69) is 20.4 Å². The van der Waals surface area contributed by atoms with Gasteiger partial charge >= 0.3 is 0 Å². The Kier molecular flexibility index (Phi) is 8.14. The zero-order valence-corrected chi connectivity index (χ0v) is 18.2. The van der Waals surface area contributed by atoms with Crippen molar-refractivity contribution in [2.45, 2.75) is 19.9 Å². The summed E-state index contributed by atoms with van der Waals surface area (Å²) in [4.78, 5) is 29.1. The molecule has 2 amide bonds. The van der Waals surface area contributed by atoms with Crippen LogP contribution in [-0.4, -0.2) is 60.9 Å². The molecule has 7 heteroatoms. The van der Waals surface area contributed by atoms with Gasteiger partial charge in [-0.2, -0.15) is 0 Å². The molecule has 1 aliphatic heterocycles. The van der Waals surface area contributed by atoms with Gasteiger partial charge in [0.05, 0.1) is 19.1 Å². The zero-order valence-electron chi connectivity index (χ0n) is 18.2. The van der Waals surface area contributed by atoms with E-state index in [1.807, 2.05) is 44.2 Å². The van der Waals surface area contributed by atoms with Crippen LogP contribution >= 0.6 is 0 Å². The van der Waals surface area contributed by atoms with Crippen molar-refractivity contribution >= 4 is 17.5 Å². The summed E-state index contributed by atoms with van der Waals surface area (Å²) in [7, 11) is 0. The molecule has 3 rings (SSSR count). The maximum Gasteiger partial charge on any atom is 0.238 e. The van der Waals surface area contributed by atoms with Gasteiger partial charge in [-0.05, 0) is 35.7 Å². The number of halogens is 1. The molecule has 1 fully saturated rings. The number of nitrogens with zero attached hydrogens (tertiary/aromatic N) is 2. The molecule has 0 aliphatic carbocycles. The first-order valence-electron chi connectivity index (χ1n) is 10.7. The molecule has 0 bridgehead atoms. The summed E-state index contributed by atoms with van der Waals surface area (Å²) in [6.07, 6.45) is 0. The average Bonchev–Trinajstić information content (AvgIpc) is 2.75. The van der Waals surface area contributed by atoms with Gasteiger partial charge in [0.2, 0.25) is 11.8 Å². The largest absolute Gasteiger partial charge is 0.348 e. The normalized spacial score (nSPS) is 16.1. The van der Waals surface area contributed by atoms with E-state index in [-0.39, 0.29) is 29.6 Å². The Morgan fingerprint density at radius 2 is 1.42 bits per heavy atom. The van der Waals surface area contributed by atoms with Crippen molar-refractivity contribution in [3.63, 3.8) is 0 Å². The summed E-state index contributed by atoms with van der Waals surface area (Å²) in [5.41, 5.74) is 1.70. The number of piperazine rings is 1. The van der Waals surface area contributed by atoms with Crippen LogP contribution in [0.2, 0.25) is 0 Å². The lowest BCUT2D eigenvalue weighted by Gasteiger charge is -2.34. The number of carbonyl (C=O) groups excluding carboxylic acids is 2. The standard InChI is InChI=1S/C24H31FN4O2/c1-18(2)24(19-8-10-20(25)11-9-19)27-23(31)17-29-14-12-28(13-15-29)16-22(30)26-21-6-4-3-5-7-21/h3-11,18,24H,12-17H2,1-2H3,(H,26,30)(H,27,31). The van der Waals surface area contributed by atoms with Crippen LogP contribution in [0.25, 0.3) is 0 Å². The molecular weight excluding hydrogens is 395 g/mol. The lowest BCUT2D eigenvalue weighted by atomic mass is 9.96. The molecule has 2 aromatic carbocycles. The van der Waals surface area contributed by atoms with Gasteiger partial charge in [-0.1, -0.05) is 44.2 Å². The van der Waals surface area contributed by atoms with Gasteiger partial charge in [0.15, 0.2) is 0 Å². The number of amides is 2. The van der Waals surface area contributed by atoms with Gasteiger partial charge in [0.1, 0.15) is 5.82 Å². The van der Waals surface area contributed by atoms with E-state index in [0.29, 0.717) is 13.1 Å². The monoisotopic (exact) mass is 426 g/mol. The van der Waals surface area contributed by atoms with Gasteiger partial charge < -0.3 is 10.6 Å². The molecule has 2 aromatic rings. The fraction of sp³-hybridized carbons (Fsp3) is 0.417. The minimum absolute atomic E-state index is 0.0310. The minimum Gasteiger partial charge on any atom is -0.348 e. The molecular formula is C24H31FN4O2. The Morgan fingerprint density at radius 3 is 1.97 bits per heavy atom. The predicted molar refractivity (Wildman–Crippen MR) is 120 cm³/mol. The highest BCUT2D eigenvalue weighted by Gasteiger charge is 2.23. The second kappa shape index (κ2) is 11.0. The summed E-state index contributed by atoms with van der Waals surface area (Å²) < 4.78 is 13.2. The minimum atomic E-state index is -0.284. The molecule has 0 aromatic heterocycles.